The molecule has 0 saturated carbocycles. The third-order valence-corrected chi connectivity index (χ3v) is 4.01. The van der Waals surface area contributed by atoms with Gasteiger partial charge in [-0.15, -0.1) is 0 Å². The molecule has 0 radical (unpaired) electrons. The normalized spacial score (nSPS) is 17.4. The number of hydrogen-bond acceptors (Lipinski definition) is 2. The van der Waals surface area contributed by atoms with Gasteiger partial charge in [0, 0.05) is 18.2 Å². The third kappa shape index (κ3) is 3.75. The van der Waals surface area contributed by atoms with Gasteiger partial charge < -0.3 is 10.6 Å². The summed E-state index contributed by atoms with van der Waals surface area (Å²) in [6, 6.07) is 8.56. The van der Waals surface area contributed by atoms with Crippen LogP contribution in [-0.2, 0) is 11.2 Å². The highest BCUT2D eigenvalue weighted by molar-refractivity contribution is 5.79. The molecule has 1 heterocycles. The number of carbonyl (C=O) groups is 1. The second kappa shape index (κ2) is 7.32. The van der Waals surface area contributed by atoms with E-state index in [2.05, 4.69) is 42.7 Å². The molecule has 0 spiro atoms. The van der Waals surface area contributed by atoms with Crippen molar-refractivity contribution in [3.8, 4) is 0 Å². The van der Waals surface area contributed by atoms with E-state index >= 15 is 0 Å². The van der Waals surface area contributed by atoms with Crippen LogP contribution in [0.3, 0.4) is 0 Å². The number of amides is 1. The van der Waals surface area contributed by atoms with Crippen LogP contribution >= 0.6 is 0 Å². The van der Waals surface area contributed by atoms with Gasteiger partial charge in [0.15, 0.2) is 0 Å². The molecule has 1 aromatic rings. The van der Waals surface area contributed by atoms with Gasteiger partial charge in [0.1, 0.15) is 0 Å². The minimum atomic E-state index is 0.183. The highest BCUT2D eigenvalue weighted by atomic mass is 16.1. The first-order chi connectivity index (χ1) is 9.74. The average molecular weight is 274 g/mol. The lowest BCUT2D eigenvalue weighted by Gasteiger charge is -2.28. The molecule has 1 atom stereocenters. The quantitative estimate of drug-likeness (QED) is 0.835. The lowest BCUT2D eigenvalue weighted by atomic mass is 9.95. The fourth-order valence-electron chi connectivity index (χ4n) is 2.97. The Bertz CT molecular complexity index is 438. The standard InChI is InChI=1S/C17H26N2O/c1-3-7-13(8-4-2)17(20)19-15-11-14-9-5-6-10-16(14)18-12-15/h5-6,9-10,13,15,18H,3-4,7-8,11-12H2,1-2H3,(H,19,20). The van der Waals surface area contributed by atoms with E-state index in [-0.39, 0.29) is 17.9 Å². The summed E-state index contributed by atoms with van der Waals surface area (Å²) >= 11 is 0. The van der Waals surface area contributed by atoms with Crippen LogP contribution in [0, 0.1) is 5.92 Å². The van der Waals surface area contributed by atoms with Crippen molar-refractivity contribution < 1.29 is 4.79 Å². The Morgan fingerprint density at radius 2 is 2.00 bits per heavy atom. The van der Waals surface area contributed by atoms with E-state index < -0.39 is 0 Å². The van der Waals surface area contributed by atoms with Gasteiger partial charge in [-0.25, -0.2) is 0 Å². The van der Waals surface area contributed by atoms with Crippen LogP contribution in [-0.4, -0.2) is 18.5 Å². The van der Waals surface area contributed by atoms with Gasteiger partial charge in [0.2, 0.25) is 5.91 Å². The summed E-state index contributed by atoms with van der Waals surface area (Å²) in [5.74, 6) is 0.419. The van der Waals surface area contributed by atoms with Crippen LogP contribution in [0.5, 0.6) is 0 Å². The van der Waals surface area contributed by atoms with Gasteiger partial charge in [0.25, 0.3) is 0 Å². The summed E-state index contributed by atoms with van der Waals surface area (Å²) in [5, 5.41) is 6.63. The van der Waals surface area contributed by atoms with Crippen molar-refractivity contribution in [2.75, 3.05) is 11.9 Å². The van der Waals surface area contributed by atoms with Crippen molar-refractivity contribution in [1.29, 1.82) is 0 Å². The van der Waals surface area contributed by atoms with Crippen LogP contribution in [0.25, 0.3) is 0 Å². The topological polar surface area (TPSA) is 41.1 Å². The zero-order valence-electron chi connectivity index (χ0n) is 12.6. The van der Waals surface area contributed by atoms with Crippen molar-refractivity contribution in [1.82, 2.24) is 5.32 Å². The van der Waals surface area contributed by atoms with E-state index in [1.807, 2.05) is 6.07 Å². The Balaban J connectivity index is 1.92. The molecule has 20 heavy (non-hydrogen) atoms. The molecule has 2 rings (SSSR count). The zero-order valence-corrected chi connectivity index (χ0v) is 12.6. The van der Waals surface area contributed by atoms with Gasteiger partial charge in [-0.3, -0.25) is 4.79 Å². The molecule has 0 aromatic heterocycles. The summed E-state index contributed by atoms with van der Waals surface area (Å²) < 4.78 is 0. The predicted octanol–water partition coefficient (Wildman–Crippen LogP) is 3.36. The zero-order chi connectivity index (χ0) is 14.4. The van der Waals surface area contributed by atoms with E-state index in [4.69, 9.17) is 0 Å². The highest BCUT2D eigenvalue weighted by Crippen LogP contribution is 2.22. The lowest BCUT2D eigenvalue weighted by Crippen LogP contribution is -2.45. The van der Waals surface area contributed by atoms with Gasteiger partial charge in [-0.2, -0.15) is 0 Å². The number of nitrogens with one attached hydrogen (secondary N) is 2. The minimum absolute atomic E-state index is 0.183. The Kier molecular flexibility index (Phi) is 5.45. The number of para-hydroxylation sites is 1. The second-order valence-electron chi connectivity index (χ2n) is 5.72. The van der Waals surface area contributed by atoms with E-state index in [0.717, 1.165) is 38.6 Å². The average Bonchev–Trinajstić information content (AvgIpc) is 2.47. The number of hydrogen-bond donors (Lipinski definition) is 2. The van der Waals surface area contributed by atoms with Gasteiger partial charge in [-0.05, 0) is 30.9 Å². The summed E-state index contributed by atoms with van der Waals surface area (Å²) in [5.41, 5.74) is 2.50. The third-order valence-electron chi connectivity index (χ3n) is 4.01. The summed E-state index contributed by atoms with van der Waals surface area (Å²) in [6.45, 7) is 5.12. The molecular formula is C17H26N2O. The van der Waals surface area contributed by atoms with Crippen LogP contribution in [0.1, 0.15) is 45.1 Å². The van der Waals surface area contributed by atoms with E-state index in [0.29, 0.717) is 0 Å². The molecule has 110 valence electrons. The van der Waals surface area contributed by atoms with Crippen molar-refractivity contribution in [2.24, 2.45) is 5.92 Å². The Morgan fingerprint density at radius 1 is 1.30 bits per heavy atom. The summed E-state index contributed by atoms with van der Waals surface area (Å²) in [7, 11) is 0. The largest absolute Gasteiger partial charge is 0.383 e. The lowest BCUT2D eigenvalue weighted by molar-refractivity contribution is -0.126. The molecule has 0 fully saturated rings. The molecule has 1 amide bonds. The van der Waals surface area contributed by atoms with E-state index in [1.165, 1.54) is 11.3 Å². The Labute approximate surface area is 122 Å². The fourth-order valence-corrected chi connectivity index (χ4v) is 2.97. The summed E-state index contributed by atoms with van der Waals surface area (Å²) in [4.78, 5) is 12.4. The monoisotopic (exact) mass is 274 g/mol. The maximum Gasteiger partial charge on any atom is 0.223 e. The van der Waals surface area contributed by atoms with Crippen molar-refractivity contribution >= 4 is 11.6 Å². The van der Waals surface area contributed by atoms with Gasteiger partial charge >= 0.3 is 0 Å². The Hall–Kier alpha value is -1.51. The molecule has 0 aliphatic carbocycles. The van der Waals surface area contributed by atoms with Crippen LogP contribution in [0.4, 0.5) is 5.69 Å². The number of benzene rings is 1. The molecule has 0 saturated heterocycles. The smallest absolute Gasteiger partial charge is 0.223 e. The molecule has 1 unspecified atom stereocenters. The Morgan fingerprint density at radius 3 is 2.70 bits per heavy atom. The first kappa shape index (κ1) is 14.9. The first-order valence-corrected chi connectivity index (χ1v) is 7.86. The van der Waals surface area contributed by atoms with Crippen LogP contribution in [0.15, 0.2) is 24.3 Å². The number of fused-ring (bicyclic) bond motifs is 1. The van der Waals surface area contributed by atoms with Crippen molar-refractivity contribution in [2.45, 2.75) is 52.0 Å². The SMILES string of the molecule is CCCC(CCC)C(=O)NC1CNc2ccccc2C1. The molecule has 3 heteroatoms. The molecule has 2 N–H and O–H groups in total. The molecular weight excluding hydrogens is 248 g/mol. The molecule has 3 nitrogen and oxygen atoms in total. The molecule has 0 bridgehead atoms. The number of anilines is 1. The van der Waals surface area contributed by atoms with Crippen LogP contribution < -0.4 is 10.6 Å². The maximum atomic E-state index is 12.4. The summed E-state index contributed by atoms with van der Waals surface area (Å²) in [6.07, 6.45) is 5.07. The van der Waals surface area contributed by atoms with Gasteiger partial charge in [-0.1, -0.05) is 44.9 Å². The molecule has 1 aliphatic rings. The fraction of sp³-hybridized carbons (Fsp3) is 0.588. The number of rotatable bonds is 6. The van der Waals surface area contributed by atoms with Crippen molar-refractivity contribution in [3.63, 3.8) is 0 Å². The van der Waals surface area contributed by atoms with Crippen LogP contribution in [0.2, 0.25) is 0 Å². The number of carbonyl (C=O) groups excluding carboxylic acids is 1. The minimum Gasteiger partial charge on any atom is -0.383 e. The predicted molar refractivity (Wildman–Crippen MR) is 83.9 cm³/mol. The second-order valence-corrected chi connectivity index (χ2v) is 5.72. The first-order valence-electron chi connectivity index (χ1n) is 7.86. The maximum absolute atomic E-state index is 12.4. The van der Waals surface area contributed by atoms with E-state index in [9.17, 15) is 4.79 Å². The molecule has 1 aliphatic heterocycles. The highest BCUT2D eigenvalue weighted by Gasteiger charge is 2.23. The molecule has 1 aromatic carbocycles. The van der Waals surface area contributed by atoms with Crippen molar-refractivity contribution in [3.05, 3.63) is 29.8 Å². The van der Waals surface area contributed by atoms with E-state index in [1.54, 1.807) is 0 Å². The van der Waals surface area contributed by atoms with Gasteiger partial charge in [0.05, 0.1) is 6.04 Å².